The first kappa shape index (κ1) is 2.75. The largest absolute Gasteiger partial charge is 0.316 e. The third-order valence-corrected chi connectivity index (χ3v) is 1.42. The van der Waals surface area contributed by atoms with E-state index < -0.39 is 11.7 Å². The van der Waals surface area contributed by atoms with Gasteiger partial charge >= 0.3 is 0 Å². The first-order valence-electron chi connectivity index (χ1n) is 1.91. The highest BCUT2D eigenvalue weighted by Crippen LogP contribution is 2.58. The van der Waals surface area contributed by atoms with Crippen LogP contribution in [0.15, 0.2) is 11.6 Å². The van der Waals surface area contributed by atoms with E-state index in [1.54, 1.807) is 6.08 Å². The molecule has 2 rings (SSSR count). The van der Waals surface area contributed by atoms with Crippen molar-refractivity contribution in [2.45, 2.75) is 11.7 Å². The Morgan fingerprint density at radius 2 is 2.33 bits per heavy atom. The molecule has 0 spiro atoms. The Morgan fingerprint density at radius 3 is 2.33 bits per heavy atom. The summed E-state index contributed by atoms with van der Waals surface area (Å²) in [5.41, 5.74) is 5.52. The van der Waals surface area contributed by atoms with Crippen LogP contribution in [-0.4, -0.2) is 11.7 Å². The molecule has 6 heavy (non-hydrogen) atoms. The van der Waals surface area contributed by atoms with Gasteiger partial charge in [0.05, 0.1) is 5.54 Å². The Labute approximate surface area is 34.6 Å². The van der Waals surface area contributed by atoms with E-state index in [-0.39, 0.29) is 0 Å². The van der Waals surface area contributed by atoms with Crippen molar-refractivity contribution < 1.29 is 4.39 Å². The average molecular weight is 85.1 g/mol. The highest BCUT2D eigenvalue weighted by Gasteiger charge is 2.68. The van der Waals surface area contributed by atoms with Gasteiger partial charge in [-0.25, -0.2) is 4.39 Å². The highest BCUT2D eigenvalue weighted by molar-refractivity contribution is 5.68. The molecule has 0 saturated heterocycles. The molecule has 2 aliphatic rings. The summed E-state index contributed by atoms with van der Waals surface area (Å²) in [6.45, 7) is 0. The van der Waals surface area contributed by atoms with Crippen LogP contribution in [0.5, 0.6) is 0 Å². The van der Waals surface area contributed by atoms with Crippen LogP contribution >= 0.6 is 0 Å². The van der Waals surface area contributed by atoms with Crippen LogP contribution in [0.1, 0.15) is 0 Å². The van der Waals surface area contributed by atoms with Crippen LogP contribution in [0.2, 0.25) is 0 Å². The van der Waals surface area contributed by atoms with Gasteiger partial charge in [-0.3, -0.25) is 0 Å². The molecule has 0 bridgehead atoms. The second kappa shape index (κ2) is 0.382. The van der Waals surface area contributed by atoms with E-state index in [4.69, 9.17) is 5.73 Å². The number of nitrogens with two attached hydrogens (primary N) is 1. The zero-order valence-corrected chi connectivity index (χ0v) is 3.11. The zero-order chi connectivity index (χ0) is 4.36. The molecule has 0 aromatic rings. The molecule has 32 valence electrons. The van der Waals surface area contributed by atoms with Gasteiger partial charge in [-0.15, -0.1) is 0 Å². The Kier molecular flexibility index (Phi) is 0.175. The van der Waals surface area contributed by atoms with E-state index in [0.29, 0.717) is 0 Å². The summed E-state index contributed by atoms with van der Waals surface area (Å²) >= 11 is 0. The van der Waals surface area contributed by atoms with Crippen molar-refractivity contribution in [2.24, 2.45) is 5.73 Å². The summed E-state index contributed by atoms with van der Waals surface area (Å²) in [7, 11) is 0. The molecular weight excluding hydrogens is 81.0 g/mol. The molecule has 0 radical (unpaired) electrons. The van der Waals surface area contributed by atoms with Gasteiger partial charge in [-0.1, -0.05) is 6.08 Å². The van der Waals surface area contributed by atoms with Crippen molar-refractivity contribution in [1.82, 2.24) is 0 Å². The Balaban J connectivity index is 2.37. The van der Waals surface area contributed by atoms with Crippen molar-refractivity contribution in [3.05, 3.63) is 11.6 Å². The second-order valence-electron chi connectivity index (χ2n) is 1.90. The Morgan fingerprint density at radius 1 is 2.00 bits per heavy atom. The molecule has 0 aromatic heterocycles. The van der Waals surface area contributed by atoms with E-state index in [0.717, 1.165) is 5.57 Å². The van der Waals surface area contributed by atoms with Crippen molar-refractivity contribution in [2.75, 3.05) is 0 Å². The highest BCUT2D eigenvalue weighted by atomic mass is 19.1. The van der Waals surface area contributed by atoms with Crippen LogP contribution in [0.3, 0.4) is 0 Å². The summed E-state index contributed by atoms with van der Waals surface area (Å²) < 4.78 is 11.7. The molecule has 1 nitrogen and oxygen atoms in total. The van der Waals surface area contributed by atoms with Crippen molar-refractivity contribution in [3.63, 3.8) is 0 Å². The Bertz CT molecular complexity index is 140. The molecule has 0 aliphatic heterocycles. The lowest BCUT2D eigenvalue weighted by Gasteiger charge is -1.85. The molecule has 1 unspecified atom stereocenters. The maximum absolute atomic E-state index is 11.7. The van der Waals surface area contributed by atoms with Crippen LogP contribution < -0.4 is 5.73 Å². The third-order valence-electron chi connectivity index (χ3n) is 1.42. The van der Waals surface area contributed by atoms with E-state index in [9.17, 15) is 4.39 Å². The second-order valence-corrected chi connectivity index (χ2v) is 1.90. The summed E-state index contributed by atoms with van der Waals surface area (Å²) in [6.07, 6.45) is 0.981. The van der Waals surface area contributed by atoms with Gasteiger partial charge in [0.1, 0.15) is 6.17 Å². The standard InChI is InChI=1S/C4H4FN/c5-3-2-1-4(2,3)6/h1,3H,6H2/t3?,4-/m0/s1. The maximum Gasteiger partial charge on any atom is 0.149 e. The number of rotatable bonds is 0. The lowest BCUT2D eigenvalue weighted by atomic mass is 10.4. The minimum atomic E-state index is -0.766. The number of alkyl halides is 1. The van der Waals surface area contributed by atoms with Gasteiger partial charge in [0.15, 0.2) is 0 Å². The molecule has 0 heterocycles. The van der Waals surface area contributed by atoms with Crippen molar-refractivity contribution in [1.29, 1.82) is 0 Å². The van der Waals surface area contributed by atoms with Crippen LogP contribution in [-0.2, 0) is 0 Å². The molecule has 2 N–H and O–H groups in total. The SMILES string of the molecule is N[C@@]12C=C1C2F. The first-order chi connectivity index (χ1) is 2.75. The normalized spacial score (nSPS) is 59.7. The van der Waals surface area contributed by atoms with E-state index in [2.05, 4.69) is 0 Å². The monoisotopic (exact) mass is 85.0 g/mol. The average Bonchev–Trinajstić information content (AvgIpc) is 2.24. The smallest absolute Gasteiger partial charge is 0.149 e. The number of fused-ring (bicyclic) bond motifs is 1. The minimum absolute atomic E-state index is 0.500. The zero-order valence-electron chi connectivity index (χ0n) is 3.11. The molecule has 2 atom stereocenters. The first-order valence-corrected chi connectivity index (χ1v) is 1.91. The lowest BCUT2D eigenvalue weighted by Crippen LogP contribution is -2.16. The van der Waals surface area contributed by atoms with E-state index in [1.165, 1.54) is 0 Å². The molecule has 2 heteroatoms. The van der Waals surface area contributed by atoms with Crippen molar-refractivity contribution >= 4 is 0 Å². The summed E-state index contributed by atoms with van der Waals surface area (Å²) in [5.74, 6) is 0. The van der Waals surface area contributed by atoms with Crippen molar-refractivity contribution in [3.8, 4) is 0 Å². The molecule has 1 saturated carbocycles. The fourth-order valence-electron chi connectivity index (χ4n) is 0.619. The summed E-state index contributed by atoms with van der Waals surface area (Å²) in [4.78, 5) is 0. The predicted octanol–water partition coefficient (Wildman–Crippen LogP) is -0.0244. The van der Waals surface area contributed by atoms with Gasteiger partial charge in [-0.05, 0) is 5.57 Å². The molecule has 0 aromatic carbocycles. The third kappa shape index (κ3) is 0.0908. The summed E-state index contributed by atoms with van der Waals surface area (Å²) in [6, 6.07) is 0. The summed E-state index contributed by atoms with van der Waals surface area (Å²) in [5, 5.41) is 0. The minimum Gasteiger partial charge on any atom is -0.316 e. The molecule has 1 fully saturated rings. The maximum atomic E-state index is 11.7. The van der Waals surface area contributed by atoms with Gasteiger partial charge in [0, 0.05) is 0 Å². The number of hydrogen-bond donors (Lipinski definition) is 1. The number of hydrogen-bond acceptors (Lipinski definition) is 1. The van der Waals surface area contributed by atoms with Gasteiger partial charge < -0.3 is 5.73 Å². The fourth-order valence-corrected chi connectivity index (χ4v) is 0.619. The Hall–Kier alpha value is -0.370. The van der Waals surface area contributed by atoms with Crippen LogP contribution in [0.4, 0.5) is 4.39 Å². The topological polar surface area (TPSA) is 26.0 Å². The van der Waals surface area contributed by atoms with E-state index >= 15 is 0 Å². The molecule has 0 amide bonds. The van der Waals surface area contributed by atoms with Gasteiger partial charge in [0.2, 0.25) is 0 Å². The van der Waals surface area contributed by atoms with E-state index in [1.807, 2.05) is 0 Å². The van der Waals surface area contributed by atoms with Gasteiger partial charge in [0.25, 0.3) is 0 Å². The molecule has 2 aliphatic carbocycles. The fraction of sp³-hybridized carbons (Fsp3) is 0.500. The molecular formula is C4H4FN. The van der Waals surface area contributed by atoms with Crippen LogP contribution in [0.25, 0.3) is 0 Å². The number of halogens is 1. The lowest BCUT2D eigenvalue weighted by molar-refractivity contribution is 0.442. The van der Waals surface area contributed by atoms with Gasteiger partial charge in [-0.2, -0.15) is 0 Å². The predicted molar refractivity (Wildman–Crippen MR) is 19.9 cm³/mol. The quantitative estimate of drug-likeness (QED) is 0.411. The van der Waals surface area contributed by atoms with Crippen LogP contribution in [0, 0.1) is 0 Å².